The summed E-state index contributed by atoms with van der Waals surface area (Å²) in [6.07, 6.45) is 20.7. The van der Waals surface area contributed by atoms with Crippen LogP contribution in [0.1, 0.15) is 80.7 Å². The van der Waals surface area contributed by atoms with Gasteiger partial charge in [-0.25, -0.2) is 9.98 Å². The van der Waals surface area contributed by atoms with E-state index >= 15 is 0 Å². The summed E-state index contributed by atoms with van der Waals surface area (Å²) in [5, 5.41) is 3.70. The zero-order valence-electron chi connectivity index (χ0n) is 31.1. The molecule has 0 heterocycles. The van der Waals surface area contributed by atoms with Crippen molar-refractivity contribution in [3.8, 4) is 0 Å². The number of anilines is 2. The molecule has 1 N–H and O–H groups in total. The summed E-state index contributed by atoms with van der Waals surface area (Å²) in [6.45, 7) is 11.3. The van der Waals surface area contributed by atoms with Crippen molar-refractivity contribution in [1.29, 1.82) is 0 Å². The van der Waals surface area contributed by atoms with E-state index in [-0.39, 0.29) is 11.3 Å². The molecule has 4 aromatic carbocycles. The number of nitrogens with zero attached hydrogens (tertiary/aromatic N) is 2. The van der Waals surface area contributed by atoms with Crippen molar-refractivity contribution >= 4 is 39.6 Å². The number of aliphatic imine (C=N–C) groups is 2. The Morgan fingerprint density at radius 3 is 2.32 bits per heavy atom. The Morgan fingerprint density at radius 1 is 0.811 bits per heavy atom. The van der Waals surface area contributed by atoms with Gasteiger partial charge in [0.1, 0.15) is 0 Å². The molecule has 4 aliphatic carbocycles. The molecule has 8 rings (SSSR count). The summed E-state index contributed by atoms with van der Waals surface area (Å²) in [7, 11) is 0. The number of benzene rings is 4. The molecule has 0 fully saturated rings. The molecule has 0 aliphatic heterocycles. The summed E-state index contributed by atoms with van der Waals surface area (Å²) in [4.78, 5) is 10.2. The molecular formula is C50H47N3. The minimum absolute atomic E-state index is 0.00943. The van der Waals surface area contributed by atoms with Crippen LogP contribution < -0.4 is 5.32 Å². The van der Waals surface area contributed by atoms with Crippen LogP contribution in [0.15, 0.2) is 179 Å². The second-order valence-electron chi connectivity index (χ2n) is 15.0. The summed E-state index contributed by atoms with van der Waals surface area (Å²) >= 11 is 0. The van der Waals surface area contributed by atoms with Gasteiger partial charge < -0.3 is 5.32 Å². The molecule has 0 bridgehead atoms. The van der Waals surface area contributed by atoms with Gasteiger partial charge in [-0.1, -0.05) is 136 Å². The van der Waals surface area contributed by atoms with E-state index in [4.69, 9.17) is 9.98 Å². The first kappa shape index (κ1) is 34.3. The Kier molecular flexibility index (Phi) is 9.50. The minimum atomic E-state index is -0.00943. The van der Waals surface area contributed by atoms with Gasteiger partial charge in [0.25, 0.3) is 0 Å². The fraction of sp³-hybridized carbons (Fsp3) is 0.200. The van der Waals surface area contributed by atoms with Gasteiger partial charge in [-0.3, -0.25) is 0 Å². The van der Waals surface area contributed by atoms with Crippen LogP contribution in [0.25, 0.3) is 16.7 Å². The van der Waals surface area contributed by atoms with Gasteiger partial charge >= 0.3 is 0 Å². The van der Waals surface area contributed by atoms with Crippen LogP contribution in [0.2, 0.25) is 0 Å². The first-order chi connectivity index (χ1) is 25.8. The summed E-state index contributed by atoms with van der Waals surface area (Å²) in [5.74, 6) is 0.865. The van der Waals surface area contributed by atoms with Crippen LogP contribution in [0.4, 0.5) is 11.4 Å². The summed E-state index contributed by atoms with van der Waals surface area (Å²) in [6, 6.07) is 36.7. The Labute approximate surface area is 315 Å². The van der Waals surface area contributed by atoms with Gasteiger partial charge in [-0.2, -0.15) is 0 Å². The first-order valence-corrected chi connectivity index (χ1v) is 19.0. The van der Waals surface area contributed by atoms with Crippen LogP contribution in [-0.4, -0.2) is 11.5 Å². The predicted octanol–water partition coefficient (Wildman–Crippen LogP) is 13.0. The minimum Gasteiger partial charge on any atom is -0.355 e. The molecule has 0 saturated heterocycles. The number of para-hydroxylation sites is 1. The highest BCUT2D eigenvalue weighted by Crippen LogP contribution is 2.52. The van der Waals surface area contributed by atoms with Crippen molar-refractivity contribution in [2.24, 2.45) is 15.9 Å². The normalized spacial score (nSPS) is 19.2. The summed E-state index contributed by atoms with van der Waals surface area (Å²) in [5.41, 5.74) is 17.2. The van der Waals surface area contributed by atoms with E-state index in [0.29, 0.717) is 0 Å². The molecule has 0 amide bonds. The average molecular weight is 690 g/mol. The van der Waals surface area contributed by atoms with Gasteiger partial charge in [0.05, 0.1) is 0 Å². The zero-order valence-corrected chi connectivity index (χ0v) is 31.1. The third-order valence-electron chi connectivity index (χ3n) is 11.1. The zero-order chi connectivity index (χ0) is 36.4. The molecule has 4 aliphatic rings. The number of allylic oxidation sites excluding steroid dienone is 11. The molecule has 1 unspecified atom stereocenters. The van der Waals surface area contributed by atoms with Crippen LogP contribution in [0.3, 0.4) is 0 Å². The van der Waals surface area contributed by atoms with Crippen LogP contribution in [0.5, 0.6) is 0 Å². The number of hydrogen-bond donors (Lipinski definition) is 1. The second kappa shape index (κ2) is 14.7. The van der Waals surface area contributed by atoms with Crippen LogP contribution in [-0.2, 0) is 5.41 Å². The van der Waals surface area contributed by atoms with Crippen molar-refractivity contribution < 1.29 is 0 Å². The average Bonchev–Trinajstić information content (AvgIpc) is 3.44. The standard InChI is InChI=1S/C50H47N3/c1-34(36-16-8-5-9-17-36)51-49(39-18-10-6-11-19-39)52-35(2)37-24-26-38(27-25-37)41-30-42(32-44(31-41)53-43-20-12-7-13-21-43)40-28-29-46-45-22-14-15-23-47(45)50(3,4)48(46)33-40/h5-10,12-18,20-24,26-27,30-33,37,53H,2,11,19,25,28-29H2,1,3-4H3. The predicted molar refractivity (Wildman–Crippen MR) is 227 cm³/mol. The summed E-state index contributed by atoms with van der Waals surface area (Å²) < 4.78 is 0. The lowest BCUT2D eigenvalue weighted by molar-refractivity contribution is 0.652. The number of nitrogens with one attached hydrogen (secondary N) is 1. The third kappa shape index (κ3) is 7.17. The van der Waals surface area contributed by atoms with E-state index < -0.39 is 0 Å². The molecule has 262 valence electrons. The molecule has 4 aromatic rings. The fourth-order valence-corrected chi connectivity index (χ4v) is 8.13. The number of rotatable bonds is 8. The Morgan fingerprint density at radius 2 is 1.57 bits per heavy atom. The van der Waals surface area contributed by atoms with Gasteiger partial charge in [0.15, 0.2) is 5.84 Å². The van der Waals surface area contributed by atoms with Crippen LogP contribution >= 0.6 is 0 Å². The van der Waals surface area contributed by atoms with Crippen molar-refractivity contribution in [2.75, 3.05) is 5.32 Å². The molecule has 53 heavy (non-hydrogen) atoms. The topological polar surface area (TPSA) is 36.8 Å². The van der Waals surface area contributed by atoms with E-state index in [1.54, 1.807) is 0 Å². The number of hydrogen-bond acceptors (Lipinski definition) is 2. The maximum absolute atomic E-state index is 5.11. The van der Waals surface area contributed by atoms with Crippen molar-refractivity contribution in [3.05, 3.63) is 197 Å². The van der Waals surface area contributed by atoms with E-state index in [9.17, 15) is 0 Å². The molecule has 3 nitrogen and oxygen atoms in total. The second-order valence-corrected chi connectivity index (χ2v) is 15.0. The van der Waals surface area contributed by atoms with Gasteiger partial charge in [0.2, 0.25) is 0 Å². The van der Waals surface area contributed by atoms with Gasteiger partial charge in [0, 0.05) is 34.1 Å². The van der Waals surface area contributed by atoms with Crippen molar-refractivity contribution in [2.45, 2.75) is 58.3 Å². The quantitative estimate of drug-likeness (QED) is 0.145. The highest BCUT2D eigenvalue weighted by Gasteiger charge is 2.37. The van der Waals surface area contributed by atoms with Gasteiger partial charge in [-0.05, 0) is 125 Å². The van der Waals surface area contributed by atoms with Crippen molar-refractivity contribution in [3.63, 3.8) is 0 Å². The lowest BCUT2D eigenvalue weighted by Gasteiger charge is -2.26. The maximum Gasteiger partial charge on any atom is 0.155 e. The molecule has 0 aromatic heterocycles. The molecule has 0 spiro atoms. The Balaban J connectivity index is 1.09. The Bertz CT molecular complexity index is 2320. The molecule has 0 saturated carbocycles. The van der Waals surface area contributed by atoms with Crippen LogP contribution in [0, 0.1) is 5.92 Å². The van der Waals surface area contributed by atoms with Gasteiger partial charge in [-0.15, -0.1) is 0 Å². The van der Waals surface area contributed by atoms with E-state index in [1.165, 1.54) is 44.5 Å². The van der Waals surface area contributed by atoms with E-state index in [2.05, 4.69) is 172 Å². The molecule has 1 atom stereocenters. The monoisotopic (exact) mass is 689 g/mol. The van der Waals surface area contributed by atoms with E-state index in [0.717, 1.165) is 71.9 Å². The largest absolute Gasteiger partial charge is 0.355 e. The number of amidine groups is 1. The third-order valence-corrected chi connectivity index (χ3v) is 11.1. The fourth-order valence-electron chi connectivity index (χ4n) is 8.13. The Hall–Kier alpha value is -5.80. The van der Waals surface area contributed by atoms with Crippen molar-refractivity contribution in [1.82, 2.24) is 0 Å². The SMILES string of the molecule is C=C(N=C(N=C(C)c1ccccc1)C1=CC=CCC1)C1C=CC(c2cc(Nc3ccccc3)cc(C3=CC4=C(CC3)c3ccccc3C4(C)C)c2)=CC1. The molecular weight excluding hydrogens is 643 g/mol. The smallest absolute Gasteiger partial charge is 0.155 e. The molecule has 0 radical (unpaired) electrons. The maximum atomic E-state index is 5.11. The lowest BCUT2D eigenvalue weighted by Crippen LogP contribution is -2.17. The highest BCUT2D eigenvalue weighted by atomic mass is 14.9. The number of fused-ring (bicyclic) bond motifs is 2. The highest BCUT2D eigenvalue weighted by molar-refractivity contribution is 6.11. The first-order valence-electron chi connectivity index (χ1n) is 19.0. The lowest BCUT2D eigenvalue weighted by atomic mass is 9.78. The van der Waals surface area contributed by atoms with E-state index in [1.807, 2.05) is 6.07 Å². The molecule has 3 heteroatoms.